The van der Waals surface area contributed by atoms with Crippen molar-refractivity contribution in [1.82, 2.24) is 9.97 Å². The average molecular weight is 241 g/mol. The number of nitrogens with one attached hydrogen (secondary N) is 1. The molecule has 18 heavy (non-hydrogen) atoms. The maximum Gasteiger partial charge on any atom is 0.138 e. The minimum Gasteiger partial charge on any atom is -0.397 e. The van der Waals surface area contributed by atoms with Crippen LogP contribution >= 0.6 is 0 Å². The lowest BCUT2D eigenvalue weighted by Gasteiger charge is -2.01. The Morgan fingerprint density at radius 2 is 2.06 bits per heavy atom. The van der Waals surface area contributed by atoms with Crippen LogP contribution < -0.4 is 5.73 Å². The normalized spacial score (nSPS) is 11.0. The van der Waals surface area contributed by atoms with Crippen molar-refractivity contribution in [2.24, 2.45) is 0 Å². The lowest BCUT2D eigenvalue weighted by atomic mass is 10.1. The number of hydrogen-bond donors (Lipinski definition) is 2. The number of imidazole rings is 1. The number of rotatable bonds is 1. The Labute approximate surface area is 103 Å². The molecule has 0 saturated carbocycles. The highest BCUT2D eigenvalue weighted by Gasteiger charge is 2.09. The number of halogens is 1. The first-order chi connectivity index (χ1) is 8.65. The molecule has 0 radical (unpaired) electrons. The second-order valence-electron chi connectivity index (χ2n) is 4.29. The largest absolute Gasteiger partial charge is 0.397 e. The van der Waals surface area contributed by atoms with Gasteiger partial charge in [-0.05, 0) is 42.8 Å². The number of fused-ring (bicyclic) bond motifs is 1. The predicted molar refractivity (Wildman–Crippen MR) is 70.6 cm³/mol. The number of benzene rings is 2. The van der Waals surface area contributed by atoms with Gasteiger partial charge >= 0.3 is 0 Å². The van der Waals surface area contributed by atoms with Gasteiger partial charge in [-0.3, -0.25) is 0 Å². The molecule has 0 aliphatic carbocycles. The van der Waals surface area contributed by atoms with Gasteiger partial charge < -0.3 is 10.7 Å². The molecule has 4 heteroatoms. The van der Waals surface area contributed by atoms with E-state index in [1.54, 1.807) is 6.07 Å². The van der Waals surface area contributed by atoms with Crippen molar-refractivity contribution in [3.05, 3.63) is 47.8 Å². The molecule has 2 aromatic carbocycles. The zero-order valence-electron chi connectivity index (χ0n) is 9.87. The minimum atomic E-state index is -0.244. The molecule has 0 saturated heterocycles. The number of nitrogens with two attached hydrogens (primary N) is 1. The van der Waals surface area contributed by atoms with Crippen molar-refractivity contribution >= 4 is 16.7 Å². The van der Waals surface area contributed by atoms with Crippen LogP contribution in [0, 0.1) is 12.7 Å². The molecule has 3 nitrogen and oxygen atoms in total. The number of nitrogen functional groups attached to an aromatic ring is 1. The monoisotopic (exact) mass is 241 g/mol. The van der Waals surface area contributed by atoms with Gasteiger partial charge in [0.05, 0.1) is 11.2 Å². The van der Waals surface area contributed by atoms with Gasteiger partial charge in [0.2, 0.25) is 0 Å². The van der Waals surface area contributed by atoms with Crippen molar-refractivity contribution in [3.63, 3.8) is 0 Å². The number of nitrogens with zero attached hydrogens (tertiary/aromatic N) is 1. The fraction of sp³-hybridized carbons (Fsp3) is 0.0714. The molecule has 0 unspecified atom stereocenters. The zero-order chi connectivity index (χ0) is 12.7. The summed E-state index contributed by atoms with van der Waals surface area (Å²) in [7, 11) is 0. The van der Waals surface area contributed by atoms with E-state index in [0.29, 0.717) is 11.5 Å². The quantitative estimate of drug-likeness (QED) is 0.642. The van der Waals surface area contributed by atoms with Crippen molar-refractivity contribution in [3.8, 4) is 11.4 Å². The van der Waals surface area contributed by atoms with E-state index in [9.17, 15) is 4.39 Å². The number of H-pyrrole nitrogens is 1. The van der Waals surface area contributed by atoms with E-state index in [1.165, 1.54) is 12.1 Å². The third-order valence-electron chi connectivity index (χ3n) is 2.99. The summed E-state index contributed by atoms with van der Waals surface area (Å²) in [6.45, 7) is 1.86. The highest BCUT2D eigenvalue weighted by atomic mass is 19.1. The van der Waals surface area contributed by atoms with Crippen LogP contribution in [-0.4, -0.2) is 9.97 Å². The molecule has 1 heterocycles. The Bertz CT molecular complexity index is 731. The van der Waals surface area contributed by atoms with Crippen LogP contribution in [0.15, 0.2) is 36.4 Å². The van der Waals surface area contributed by atoms with Crippen LogP contribution in [0.2, 0.25) is 0 Å². The number of para-hydroxylation sites is 1. The molecular weight excluding hydrogens is 229 g/mol. The Kier molecular flexibility index (Phi) is 2.30. The van der Waals surface area contributed by atoms with Crippen LogP contribution in [0.4, 0.5) is 10.1 Å². The summed E-state index contributed by atoms with van der Waals surface area (Å²) in [6.07, 6.45) is 0. The van der Waals surface area contributed by atoms with Crippen molar-refractivity contribution in [2.75, 3.05) is 5.73 Å². The first kappa shape index (κ1) is 10.8. The molecule has 3 N–H and O–H groups in total. The summed E-state index contributed by atoms with van der Waals surface area (Å²) >= 11 is 0. The van der Waals surface area contributed by atoms with Crippen molar-refractivity contribution < 1.29 is 4.39 Å². The fourth-order valence-corrected chi connectivity index (χ4v) is 2.07. The standard InChI is InChI=1S/C14H12FN3/c1-8-7-9(15)5-6-10(8)14-17-12-4-2-3-11(16)13(12)18-14/h2-7H,16H2,1H3,(H,17,18). The molecule has 0 bridgehead atoms. The van der Waals surface area contributed by atoms with E-state index in [2.05, 4.69) is 9.97 Å². The van der Waals surface area contributed by atoms with Gasteiger partial charge in [-0.1, -0.05) is 6.07 Å². The molecule has 90 valence electrons. The average Bonchev–Trinajstić information content (AvgIpc) is 2.74. The molecule has 0 spiro atoms. The number of aromatic amines is 1. The second-order valence-corrected chi connectivity index (χ2v) is 4.29. The van der Waals surface area contributed by atoms with Gasteiger partial charge in [-0.15, -0.1) is 0 Å². The number of hydrogen-bond acceptors (Lipinski definition) is 2. The maximum absolute atomic E-state index is 13.1. The lowest BCUT2D eigenvalue weighted by molar-refractivity contribution is 0.627. The van der Waals surface area contributed by atoms with Gasteiger partial charge in [0, 0.05) is 5.56 Å². The molecule has 0 aliphatic heterocycles. The van der Waals surface area contributed by atoms with Crippen LogP contribution in [0.1, 0.15) is 5.56 Å². The molecule has 0 atom stereocenters. The second kappa shape index (κ2) is 3.84. The Morgan fingerprint density at radius 1 is 1.22 bits per heavy atom. The summed E-state index contributed by atoms with van der Waals surface area (Å²) in [5.74, 6) is 0.465. The first-order valence-electron chi connectivity index (χ1n) is 5.66. The highest BCUT2D eigenvalue weighted by molar-refractivity contribution is 5.89. The van der Waals surface area contributed by atoms with E-state index in [-0.39, 0.29) is 5.82 Å². The minimum absolute atomic E-state index is 0.244. The Hall–Kier alpha value is -2.36. The van der Waals surface area contributed by atoms with Gasteiger partial charge in [0.1, 0.15) is 17.2 Å². The smallest absolute Gasteiger partial charge is 0.138 e. The van der Waals surface area contributed by atoms with Gasteiger partial charge in [0.15, 0.2) is 0 Å². The molecule has 3 aromatic rings. The van der Waals surface area contributed by atoms with E-state index >= 15 is 0 Å². The van der Waals surface area contributed by atoms with Gasteiger partial charge in [0.25, 0.3) is 0 Å². The molecule has 0 amide bonds. The summed E-state index contributed by atoms with van der Waals surface area (Å²) in [4.78, 5) is 7.67. The maximum atomic E-state index is 13.1. The molecule has 0 aliphatic rings. The Balaban J connectivity index is 2.23. The lowest BCUT2D eigenvalue weighted by Crippen LogP contribution is -1.87. The number of anilines is 1. The summed E-state index contributed by atoms with van der Waals surface area (Å²) in [6, 6.07) is 10.2. The number of aromatic nitrogens is 2. The summed E-state index contributed by atoms with van der Waals surface area (Å²) < 4.78 is 13.1. The topological polar surface area (TPSA) is 54.7 Å². The summed E-state index contributed by atoms with van der Waals surface area (Å²) in [5, 5.41) is 0. The third-order valence-corrected chi connectivity index (χ3v) is 2.99. The van der Waals surface area contributed by atoms with Crippen molar-refractivity contribution in [2.45, 2.75) is 6.92 Å². The van der Waals surface area contributed by atoms with Crippen LogP contribution in [0.3, 0.4) is 0 Å². The van der Waals surface area contributed by atoms with Gasteiger partial charge in [-0.25, -0.2) is 9.37 Å². The highest BCUT2D eigenvalue weighted by Crippen LogP contribution is 2.26. The van der Waals surface area contributed by atoms with Crippen LogP contribution in [-0.2, 0) is 0 Å². The Morgan fingerprint density at radius 3 is 2.78 bits per heavy atom. The van der Waals surface area contributed by atoms with E-state index < -0.39 is 0 Å². The summed E-state index contributed by atoms with van der Waals surface area (Å²) in [5.41, 5.74) is 9.85. The van der Waals surface area contributed by atoms with Crippen LogP contribution in [0.25, 0.3) is 22.4 Å². The van der Waals surface area contributed by atoms with E-state index in [1.807, 2.05) is 25.1 Å². The fourth-order valence-electron chi connectivity index (χ4n) is 2.07. The SMILES string of the molecule is Cc1cc(F)ccc1-c1nc2c(N)cccc2[nH]1. The van der Waals surface area contributed by atoms with Crippen LogP contribution in [0.5, 0.6) is 0 Å². The molecule has 1 aromatic heterocycles. The predicted octanol–water partition coefficient (Wildman–Crippen LogP) is 3.26. The molecular formula is C14H12FN3. The number of aryl methyl sites for hydroxylation is 1. The third kappa shape index (κ3) is 1.62. The first-order valence-corrected chi connectivity index (χ1v) is 5.66. The zero-order valence-corrected chi connectivity index (χ0v) is 9.87. The van der Waals surface area contributed by atoms with E-state index in [4.69, 9.17) is 5.73 Å². The molecule has 0 fully saturated rings. The molecule has 3 rings (SSSR count). The van der Waals surface area contributed by atoms with Gasteiger partial charge in [-0.2, -0.15) is 0 Å². The van der Waals surface area contributed by atoms with E-state index in [0.717, 1.165) is 22.2 Å². The van der Waals surface area contributed by atoms with Crippen molar-refractivity contribution in [1.29, 1.82) is 0 Å².